The van der Waals surface area contributed by atoms with Gasteiger partial charge in [0.05, 0.1) is 12.4 Å². The molecular formula is C22H21N5O. The molecule has 1 amide bonds. The Morgan fingerprint density at radius 3 is 2.61 bits per heavy atom. The van der Waals surface area contributed by atoms with Crippen molar-refractivity contribution in [1.29, 1.82) is 0 Å². The number of fused-ring (bicyclic) bond motifs is 1. The molecule has 0 fully saturated rings. The molecule has 2 heterocycles. The first-order valence-corrected chi connectivity index (χ1v) is 9.22. The molecule has 0 radical (unpaired) electrons. The third-order valence-corrected chi connectivity index (χ3v) is 4.56. The average Bonchev–Trinajstić information content (AvgIpc) is 3.16. The SMILES string of the molecule is O=C(NCc1ccccc1)c1cnc(NCCc2c[nH]c3ccccc23)cn1. The van der Waals surface area contributed by atoms with Gasteiger partial charge >= 0.3 is 0 Å². The smallest absolute Gasteiger partial charge is 0.271 e. The zero-order valence-electron chi connectivity index (χ0n) is 15.4. The van der Waals surface area contributed by atoms with Crippen LogP contribution in [0.25, 0.3) is 10.9 Å². The number of benzene rings is 2. The number of H-pyrrole nitrogens is 1. The summed E-state index contributed by atoms with van der Waals surface area (Å²) in [4.78, 5) is 24.0. The zero-order chi connectivity index (χ0) is 19.2. The number of nitrogens with zero attached hydrogens (tertiary/aromatic N) is 2. The van der Waals surface area contributed by atoms with E-state index in [9.17, 15) is 4.79 Å². The van der Waals surface area contributed by atoms with Crippen LogP contribution in [0.5, 0.6) is 0 Å². The lowest BCUT2D eigenvalue weighted by molar-refractivity contribution is 0.0945. The van der Waals surface area contributed by atoms with E-state index in [1.165, 1.54) is 17.1 Å². The second-order valence-corrected chi connectivity index (χ2v) is 6.49. The van der Waals surface area contributed by atoms with Gasteiger partial charge in [-0.3, -0.25) is 4.79 Å². The first-order valence-electron chi connectivity index (χ1n) is 9.22. The molecule has 4 rings (SSSR count). The lowest BCUT2D eigenvalue weighted by atomic mass is 10.1. The minimum Gasteiger partial charge on any atom is -0.368 e. The van der Waals surface area contributed by atoms with Gasteiger partial charge in [-0.2, -0.15) is 0 Å². The summed E-state index contributed by atoms with van der Waals surface area (Å²) in [5.41, 5.74) is 3.74. The summed E-state index contributed by atoms with van der Waals surface area (Å²) in [5.74, 6) is 0.418. The molecule has 2 aromatic carbocycles. The van der Waals surface area contributed by atoms with Crippen molar-refractivity contribution in [3.63, 3.8) is 0 Å². The van der Waals surface area contributed by atoms with Gasteiger partial charge in [0.2, 0.25) is 0 Å². The molecule has 0 aliphatic heterocycles. The van der Waals surface area contributed by atoms with Gasteiger partial charge in [-0.05, 0) is 23.6 Å². The van der Waals surface area contributed by atoms with Crippen LogP contribution in [-0.2, 0) is 13.0 Å². The Bertz CT molecular complexity index is 1060. The summed E-state index contributed by atoms with van der Waals surface area (Å²) < 4.78 is 0. The molecule has 6 heteroatoms. The molecule has 4 aromatic rings. The second-order valence-electron chi connectivity index (χ2n) is 6.49. The van der Waals surface area contributed by atoms with E-state index >= 15 is 0 Å². The fourth-order valence-corrected chi connectivity index (χ4v) is 3.07. The van der Waals surface area contributed by atoms with Crippen molar-refractivity contribution in [3.05, 3.63) is 90.0 Å². The maximum absolute atomic E-state index is 12.2. The summed E-state index contributed by atoms with van der Waals surface area (Å²) >= 11 is 0. The van der Waals surface area contributed by atoms with Crippen molar-refractivity contribution in [2.75, 3.05) is 11.9 Å². The number of carbonyl (C=O) groups excluding carboxylic acids is 1. The molecule has 0 aliphatic carbocycles. The number of hydrogen-bond donors (Lipinski definition) is 3. The number of anilines is 1. The second kappa shape index (κ2) is 8.35. The fourth-order valence-electron chi connectivity index (χ4n) is 3.07. The third-order valence-electron chi connectivity index (χ3n) is 4.56. The van der Waals surface area contributed by atoms with Crippen LogP contribution in [0, 0.1) is 0 Å². The molecule has 140 valence electrons. The number of amides is 1. The van der Waals surface area contributed by atoms with Gasteiger partial charge in [-0.1, -0.05) is 48.5 Å². The standard InChI is InChI=1S/C22H21N5O/c28-22(27-12-16-6-2-1-3-7-16)20-14-26-21(15-25-20)23-11-10-17-13-24-19-9-5-4-8-18(17)19/h1-9,13-15,24H,10-12H2,(H,23,26)(H,27,28). The predicted molar refractivity (Wildman–Crippen MR) is 110 cm³/mol. The summed E-state index contributed by atoms with van der Waals surface area (Å²) in [5, 5.41) is 7.34. The summed E-state index contributed by atoms with van der Waals surface area (Å²) in [7, 11) is 0. The minimum atomic E-state index is -0.235. The zero-order valence-corrected chi connectivity index (χ0v) is 15.4. The molecular weight excluding hydrogens is 350 g/mol. The molecule has 0 aliphatic rings. The van der Waals surface area contributed by atoms with E-state index in [1.807, 2.05) is 48.7 Å². The number of para-hydroxylation sites is 1. The van der Waals surface area contributed by atoms with Crippen LogP contribution in [0.15, 0.2) is 73.2 Å². The van der Waals surface area contributed by atoms with Gasteiger partial charge < -0.3 is 15.6 Å². The Kier molecular flexibility index (Phi) is 5.29. The molecule has 6 nitrogen and oxygen atoms in total. The fraction of sp³-hybridized carbons (Fsp3) is 0.136. The van der Waals surface area contributed by atoms with E-state index < -0.39 is 0 Å². The Balaban J connectivity index is 1.29. The molecule has 2 aromatic heterocycles. The highest BCUT2D eigenvalue weighted by Crippen LogP contribution is 2.18. The molecule has 28 heavy (non-hydrogen) atoms. The lowest BCUT2D eigenvalue weighted by Crippen LogP contribution is -2.24. The highest BCUT2D eigenvalue weighted by molar-refractivity contribution is 5.92. The Morgan fingerprint density at radius 1 is 0.964 bits per heavy atom. The van der Waals surface area contributed by atoms with Crippen molar-refractivity contribution < 1.29 is 4.79 Å². The van der Waals surface area contributed by atoms with E-state index in [-0.39, 0.29) is 5.91 Å². The van der Waals surface area contributed by atoms with Crippen LogP contribution < -0.4 is 10.6 Å². The number of aromatic nitrogens is 3. The van der Waals surface area contributed by atoms with Crippen molar-refractivity contribution in [1.82, 2.24) is 20.3 Å². The molecule has 0 bridgehead atoms. The molecule has 0 saturated carbocycles. The third kappa shape index (κ3) is 4.17. The number of rotatable bonds is 7. The van der Waals surface area contributed by atoms with Crippen LogP contribution in [0.3, 0.4) is 0 Å². The van der Waals surface area contributed by atoms with E-state index in [0.717, 1.165) is 24.0 Å². The van der Waals surface area contributed by atoms with Gasteiger partial charge in [0.15, 0.2) is 0 Å². The number of aromatic amines is 1. The Hall–Kier alpha value is -3.67. The number of carbonyl (C=O) groups is 1. The Labute approximate surface area is 163 Å². The maximum Gasteiger partial charge on any atom is 0.271 e. The topological polar surface area (TPSA) is 82.7 Å². The largest absolute Gasteiger partial charge is 0.368 e. The molecule has 0 saturated heterocycles. The predicted octanol–water partition coefficient (Wildman–Crippen LogP) is 3.54. The molecule has 0 atom stereocenters. The van der Waals surface area contributed by atoms with E-state index in [2.05, 4.69) is 37.7 Å². The van der Waals surface area contributed by atoms with Crippen molar-refractivity contribution in [2.45, 2.75) is 13.0 Å². The van der Waals surface area contributed by atoms with Gasteiger partial charge in [0, 0.05) is 30.2 Å². The molecule has 0 spiro atoms. The minimum absolute atomic E-state index is 0.235. The van der Waals surface area contributed by atoms with Crippen LogP contribution >= 0.6 is 0 Å². The molecule has 3 N–H and O–H groups in total. The monoisotopic (exact) mass is 371 g/mol. The van der Waals surface area contributed by atoms with Crippen molar-refractivity contribution in [3.8, 4) is 0 Å². The Morgan fingerprint density at radius 2 is 1.79 bits per heavy atom. The van der Waals surface area contributed by atoms with E-state index in [4.69, 9.17) is 0 Å². The highest BCUT2D eigenvalue weighted by atomic mass is 16.1. The van der Waals surface area contributed by atoms with E-state index in [1.54, 1.807) is 6.20 Å². The maximum atomic E-state index is 12.2. The van der Waals surface area contributed by atoms with Crippen LogP contribution in [0.1, 0.15) is 21.6 Å². The summed E-state index contributed by atoms with van der Waals surface area (Å²) in [6, 6.07) is 18.0. The summed E-state index contributed by atoms with van der Waals surface area (Å²) in [6.45, 7) is 1.20. The number of hydrogen-bond acceptors (Lipinski definition) is 4. The normalized spacial score (nSPS) is 10.7. The van der Waals surface area contributed by atoms with Crippen LogP contribution in [-0.4, -0.2) is 27.4 Å². The van der Waals surface area contributed by atoms with Gasteiger partial charge in [0.25, 0.3) is 5.91 Å². The lowest BCUT2D eigenvalue weighted by Gasteiger charge is -2.07. The molecule has 0 unspecified atom stereocenters. The van der Waals surface area contributed by atoms with Gasteiger partial charge in [0.1, 0.15) is 11.5 Å². The van der Waals surface area contributed by atoms with Crippen LogP contribution in [0.4, 0.5) is 5.82 Å². The van der Waals surface area contributed by atoms with Crippen molar-refractivity contribution >= 4 is 22.6 Å². The van der Waals surface area contributed by atoms with Gasteiger partial charge in [-0.25, -0.2) is 9.97 Å². The van der Waals surface area contributed by atoms with E-state index in [0.29, 0.717) is 18.1 Å². The van der Waals surface area contributed by atoms with Gasteiger partial charge in [-0.15, -0.1) is 0 Å². The summed E-state index contributed by atoms with van der Waals surface area (Å²) in [6.07, 6.45) is 5.99. The van der Waals surface area contributed by atoms with Crippen molar-refractivity contribution in [2.24, 2.45) is 0 Å². The first kappa shape index (κ1) is 17.7. The average molecular weight is 371 g/mol. The highest BCUT2D eigenvalue weighted by Gasteiger charge is 2.08. The van der Waals surface area contributed by atoms with Crippen LogP contribution in [0.2, 0.25) is 0 Å². The first-order chi connectivity index (χ1) is 13.8. The number of nitrogens with one attached hydrogen (secondary N) is 3. The quantitative estimate of drug-likeness (QED) is 0.464.